The van der Waals surface area contributed by atoms with Gasteiger partial charge in [-0.05, 0) is 23.8 Å². The van der Waals surface area contributed by atoms with Crippen molar-refractivity contribution in [2.75, 3.05) is 5.33 Å². The Morgan fingerprint density at radius 2 is 2.14 bits per heavy atom. The third-order valence-corrected chi connectivity index (χ3v) is 3.01. The molecule has 0 amide bonds. The van der Waals surface area contributed by atoms with E-state index in [1.165, 1.54) is 0 Å². The number of carbonyl (C=O) groups is 1. The fourth-order valence-electron chi connectivity index (χ4n) is 1.17. The van der Waals surface area contributed by atoms with Crippen molar-refractivity contribution >= 4 is 49.2 Å². The summed E-state index contributed by atoms with van der Waals surface area (Å²) in [5.74, 6) is 0.494. The van der Waals surface area contributed by atoms with E-state index < -0.39 is 0 Å². The summed E-state index contributed by atoms with van der Waals surface area (Å²) in [7, 11) is 0. The van der Waals surface area contributed by atoms with Crippen LogP contribution < -0.4 is 0 Å². The highest BCUT2D eigenvalue weighted by Crippen LogP contribution is 2.20. The van der Waals surface area contributed by atoms with E-state index in [-0.39, 0.29) is 5.78 Å². The van der Waals surface area contributed by atoms with E-state index in [1.54, 1.807) is 0 Å². The highest BCUT2D eigenvalue weighted by molar-refractivity contribution is 9.10. The van der Waals surface area contributed by atoms with Gasteiger partial charge in [0.1, 0.15) is 0 Å². The van der Waals surface area contributed by atoms with Gasteiger partial charge in [-0.3, -0.25) is 4.79 Å². The van der Waals surface area contributed by atoms with Crippen molar-refractivity contribution in [3.63, 3.8) is 0 Å². The van der Waals surface area contributed by atoms with Gasteiger partial charge in [0, 0.05) is 27.7 Å². The highest BCUT2D eigenvalue weighted by Gasteiger charge is 2.10. The van der Waals surface area contributed by atoms with E-state index in [4.69, 9.17) is 11.6 Å². The molecule has 0 unspecified atom stereocenters. The first-order valence-electron chi connectivity index (χ1n) is 4.12. The Hall–Kier alpha value is 0.140. The lowest BCUT2D eigenvalue weighted by Gasteiger charge is -2.05. The average molecular weight is 340 g/mol. The molecular formula is C10H9Br2ClO. The van der Waals surface area contributed by atoms with Crippen LogP contribution in [-0.2, 0) is 5.88 Å². The van der Waals surface area contributed by atoms with Crippen LogP contribution in [-0.4, -0.2) is 11.1 Å². The Morgan fingerprint density at radius 1 is 1.43 bits per heavy atom. The second-order valence-electron chi connectivity index (χ2n) is 2.80. The van der Waals surface area contributed by atoms with Crippen molar-refractivity contribution < 1.29 is 4.79 Å². The highest BCUT2D eigenvalue weighted by atomic mass is 79.9. The molecule has 0 N–H and O–H groups in total. The number of alkyl halides is 2. The van der Waals surface area contributed by atoms with Gasteiger partial charge in [0.15, 0.2) is 5.78 Å². The number of halogens is 3. The Morgan fingerprint density at radius 3 is 2.71 bits per heavy atom. The molecule has 0 radical (unpaired) electrons. The summed E-state index contributed by atoms with van der Waals surface area (Å²) >= 11 is 12.4. The van der Waals surface area contributed by atoms with Crippen molar-refractivity contribution in [2.24, 2.45) is 0 Å². The maximum atomic E-state index is 11.6. The normalized spacial score (nSPS) is 10.2. The van der Waals surface area contributed by atoms with Crippen molar-refractivity contribution in [2.45, 2.75) is 12.3 Å². The van der Waals surface area contributed by atoms with Crippen molar-refractivity contribution in [3.8, 4) is 0 Å². The molecule has 0 bridgehead atoms. The van der Waals surface area contributed by atoms with Gasteiger partial charge in [-0.2, -0.15) is 0 Å². The predicted molar refractivity (Wildman–Crippen MR) is 66.4 cm³/mol. The zero-order valence-corrected chi connectivity index (χ0v) is 11.3. The van der Waals surface area contributed by atoms with Gasteiger partial charge in [0.2, 0.25) is 0 Å². The number of hydrogen-bond acceptors (Lipinski definition) is 1. The molecule has 0 fully saturated rings. The molecule has 0 aromatic heterocycles. The summed E-state index contributed by atoms with van der Waals surface area (Å²) in [5.41, 5.74) is 1.61. The monoisotopic (exact) mass is 338 g/mol. The summed E-state index contributed by atoms with van der Waals surface area (Å²) in [6.45, 7) is 0. The van der Waals surface area contributed by atoms with E-state index in [9.17, 15) is 4.79 Å². The molecule has 1 aromatic carbocycles. The van der Waals surface area contributed by atoms with Gasteiger partial charge in [0.05, 0.1) is 0 Å². The van der Waals surface area contributed by atoms with Crippen LogP contribution in [0, 0.1) is 0 Å². The van der Waals surface area contributed by atoms with Crippen LogP contribution in [0.15, 0.2) is 22.7 Å². The van der Waals surface area contributed by atoms with Crippen molar-refractivity contribution in [1.82, 2.24) is 0 Å². The Kier molecular flexibility index (Phi) is 5.13. The fourth-order valence-corrected chi connectivity index (χ4v) is 2.16. The lowest BCUT2D eigenvalue weighted by molar-refractivity contribution is 0.0989. The second kappa shape index (κ2) is 5.89. The summed E-state index contributed by atoms with van der Waals surface area (Å²) in [5, 5.41) is 0.684. The van der Waals surface area contributed by atoms with Gasteiger partial charge in [-0.1, -0.05) is 31.9 Å². The van der Waals surface area contributed by atoms with Gasteiger partial charge in [0.25, 0.3) is 0 Å². The third-order valence-electron chi connectivity index (χ3n) is 1.83. The molecule has 0 aliphatic rings. The Labute approximate surface area is 105 Å². The molecule has 0 atom stereocenters. The quantitative estimate of drug-likeness (QED) is 0.594. The summed E-state index contributed by atoms with van der Waals surface area (Å²) in [4.78, 5) is 11.6. The standard InChI is InChI=1S/C10H9Br2ClO/c11-4-3-10(14)9-2-1-8(12)5-7(9)6-13/h1-2,5H,3-4,6H2. The average Bonchev–Trinajstić information content (AvgIpc) is 2.17. The Bertz CT molecular complexity index is 339. The number of carbonyl (C=O) groups excluding carboxylic acids is 1. The van der Waals surface area contributed by atoms with Crippen LogP contribution in [0.25, 0.3) is 0 Å². The maximum Gasteiger partial charge on any atom is 0.164 e. The first-order valence-corrected chi connectivity index (χ1v) is 6.57. The molecular weight excluding hydrogens is 331 g/mol. The van der Waals surface area contributed by atoms with E-state index in [0.29, 0.717) is 17.6 Å². The molecule has 0 aliphatic heterocycles. The molecule has 1 rings (SSSR count). The molecule has 0 spiro atoms. The van der Waals surface area contributed by atoms with E-state index >= 15 is 0 Å². The molecule has 4 heteroatoms. The molecule has 0 heterocycles. The fraction of sp³-hybridized carbons (Fsp3) is 0.300. The number of Topliss-reactive ketones (excluding diaryl/α,β-unsaturated/α-hetero) is 1. The van der Waals surface area contributed by atoms with Crippen LogP contribution in [0.3, 0.4) is 0 Å². The molecule has 14 heavy (non-hydrogen) atoms. The molecule has 0 saturated carbocycles. The van der Waals surface area contributed by atoms with E-state index in [2.05, 4.69) is 31.9 Å². The summed E-state index contributed by atoms with van der Waals surface area (Å²) in [6.07, 6.45) is 0.505. The molecule has 1 aromatic rings. The molecule has 1 nitrogen and oxygen atoms in total. The number of ketones is 1. The molecule has 0 aliphatic carbocycles. The largest absolute Gasteiger partial charge is 0.294 e. The Balaban J connectivity index is 3.01. The summed E-state index contributed by atoms with van der Waals surface area (Å²) in [6, 6.07) is 5.55. The maximum absolute atomic E-state index is 11.6. The molecule has 76 valence electrons. The van der Waals surface area contributed by atoms with Crippen LogP contribution in [0.2, 0.25) is 0 Å². The number of benzene rings is 1. The minimum Gasteiger partial charge on any atom is -0.294 e. The zero-order valence-electron chi connectivity index (χ0n) is 7.40. The first kappa shape index (κ1) is 12.2. The third kappa shape index (κ3) is 3.07. The van der Waals surface area contributed by atoms with Crippen molar-refractivity contribution in [1.29, 1.82) is 0 Å². The SMILES string of the molecule is O=C(CCBr)c1ccc(Br)cc1CCl. The lowest BCUT2D eigenvalue weighted by atomic mass is 10.0. The van der Waals surface area contributed by atoms with Crippen LogP contribution in [0.5, 0.6) is 0 Å². The zero-order chi connectivity index (χ0) is 10.6. The predicted octanol–water partition coefficient (Wildman–Crippen LogP) is 4.16. The topological polar surface area (TPSA) is 17.1 Å². The summed E-state index contributed by atoms with van der Waals surface area (Å²) < 4.78 is 0.948. The smallest absolute Gasteiger partial charge is 0.164 e. The van der Waals surface area contributed by atoms with Crippen LogP contribution in [0.4, 0.5) is 0 Å². The van der Waals surface area contributed by atoms with Gasteiger partial charge < -0.3 is 0 Å². The van der Waals surface area contributed by atoms with Crippen molar-refractivity contribution in [3.05, 3.63) is 33.8 Å². The van der Waals surface area contributed by atoms with Gasteiger partial charge in [-0.15, -0.1) is 11.6 Å². The second-order valence-corrected chi connectivity index (χ2v) is 4.77. The van der Waals surface area contributed by atoms with E-state index in [0.717, 1.165) is 15.6 Å². The minimum atomic E-state index is 0.130. The van der Waals surface area contributed by atoms with Gasteiger partial charge in [-0.25, -0.2) is 0 Å². The minimum absolute atomic E-state index is 0.130. The van der Waals surface area contributed by atoms with Crippen LogP contribution in [0.1, 0.15) is 22.3 Å². The van der Waals surface area contributed by atoms with Crippen LogP contribution >= 0.6 is 43.5 Å². The van der Waals surface area contributed by atoms with E-state index in [1.807, 2.05) is 18.2 Å². The number of rotatable bonds is 4. The first-order chi connectivity index (χ1) is 6.69. The molecule has 0 saturated heterocycles. The van der Waals surface area contributed by atoms with Gasteiger partial charge >= 0.3 is 0 Å². The number of hydrogen-bond donors (Lipinski definition) is 0. The lowest BCUT2D eigenvalue weighted by Crippen LogP contribution is -2.03.